The Bertz CT molecular complexity index is 737. The van der Waals surface area contributed by atoms with Crippen LogP contribution in [0.1, 0.15) is 11.1 Å². The Morgan fingerprint density at radius 2 is 2.00 bits per heavy atom. The lowest BCUT2D eigenvalue weighted by Gasteiger charge is -2.34. The molecule has 2 aromatic rings. The molecule has 0 spiro atoms. The Labute approximate surface area is 135 Å². The molecule has 0 saturated heterocycles. The van der Waals surface area contributed by atoms with Gasteiger partial charge in [0, 0.05) is 19.0 Å². The normalized spacial score (nSPS) is 16.7. The number of rotatable bonds is 4. The van der Waals surface area contributed by atoms with E-state index in [1.807, 2.05) is 31.2 Å². The third-order valence-corrected chi connectivity index (χ3v) is 3.90. The molecule has 1 unspecified atom stereocenters. The van der Waals surface area contributed by atoms with Crippen LogP contribution in [-0.4, -0.2) is 23.7 Å². The monoisotopic (exact) mass is 309 g/mol. The van der Waals surface area contributed by atoms with Gasteiger partial charge in [0.25, 0.3) is 5.91 Å². The van der Waals surface area contributed by atoms with E-state index < -0.39 is 6.10 Å². The number of aromatic hydroxyl groups is 1. The van der Waals surface area contributed by atoms with Crippen LogP contribution in [0.2, 0.25) is 0 Å². The van der Waals surface area contributed by atoms with Gasteiger partial charge in [0.05, 0.1) is 5.69 Å². The van der Waals surface area contributed by atoms with Gasteiger partial charge in [-0.25, -0.2) is 0 Å². The molecule has 3 rings (SSSR count). The summed E-state index contributed by atoms with van der Waals surface area (Å²) in [5.41, 5.74) is 2.87. The van der Waals surface area contributed by atoms with Gasteiger partial charge in [-0.15, -0.1) is 6.58 Å². The zero-order valence-electron chi connectivity index (χ0n) is 13.0. The van der Waals surface area contributed by atoms with Gasteiger partial charge in [-0.05, 0) is 24.6 Å². The fraction of sp³-hybridized carbons (Fsp3) is 0.211. The zero-order chi connectivity index (χ0) is 16.4. The van der Waals surface area contributed by atoms with Crippen molar-refractivity contribution in [2.45, 2.75) is 19.4 Å². The van der Waals surface area contributed by atoms with E-state index in [0.717, 1.165) is 5.56 Å². The van der Waals surface area contributed by atoms with Crippen LogP contribution < -0.4 is 9.64 Å². The summed E-state index contributed by atoms with van der Waals surface area (Å²) in [6.45, 7) is 6.15. The summed E-state index contributed by atoms with van der Waals surface area (Å²) in [6, 6.07) is 12.8. The fourth-order valence-electron chi connectivity index (χ4n) is 2.70. The highest BCUT2D eigenvalue weighted by Gasteiger charge is 2.34. The molecule has 2 aromatic carbocycles. The number of aryl methyl sites for hydroxylation is 1. The quantitative estimate of drug-likeness (QED) is 0.882. The fourth-order valence-corrected chi connectivity index (χ4v) is 2.70. The number of amides is 1. The second-order valence-corrected chi connectivity index (χ2v) is 5.69. The summed E-state index contributed by atoms with van der Waals surface area (Å²) in [6.07, 6.45) is 1.57. The van der Waals surface area contributed by atoms with Crippen molar-refractivity contribution < 1.29 is 14.6 Å². The molecular weight excluding hydrogens is 290 g/mol. The van der Waals surface area contributed by atoms with Crippen LogP contribution in [0, 0.1) is 6.92 Å². The first-order valence-electron chi connectivity index (χ1n) is 7.56. The molecule has 1 heterocycles. The van der Waals surface area contributed by atoms with E-state index in [4.69, 9.17) is 4.74 Å². The van der Waals surface area contributed by atoms with Gasteiger partial charge < -0.3 is 14.7 Å². The van der Waals surface area contributed by atoms with E-state index in [-0.39, 0.29) is 11.7 Å². The minimum atomic E-state index is -0.605. The molecule has 23 heavy (non-hydrogen) atoms. The third kappa shape index (κ3) is 3.06. The van der Waals surface area contributed by atoms with Crippen molar-refractivity contribution in [3.8, 4) is 11.5 Å². The summed E-state index contributed by atoms with van der Waals surface area (Å²) < 4.78 is 5.85. The topological polar surface area (TPSA) is 49.8 Å². The number of carbonyl (C=O) groups excluding carboxylic acids is 1. The Morgan fingerprint density at radius 1 is 1.26 bits per heavy atom. The minimum Gasteiger partial charge on any atom is -0.508 e. The van der Waals surface area contributed by atoms with Gasteiger partial charge in [0.2, 0.25) is 0 Å². The van der Waals surface area contributed by atoms with E-state index in [1.165, 1.54) is 5.56 Å². The number of nitrogens with zero attached hydrogens (tertiary/aromatic N) is 1. The van der Waals surface area contributed by atoms with Gasteiger partial charge in [-0.3, -0.25) is 4.79 Å². The number of ether oxygens (including phenoxy) is 1. The predicted molar refractivity (Wildman–Crippen MR) is 90.0 cm³/mol. The average molecular weight is 309 g/mol. The molecule has 4 heteroatoms. The minimum absolute atomic E-state index is 0.0938. The summed E-state index contributed by atoms with van der Waals surface area (Å²) in [7, 11) is 0. The van der Waals surface area contributed by atoms with Crippen LogP contribution in [0.25, 0.3) is 0 Å². The molecule has 0 fully saturated rings. The van der Waals surface area contributed by atoms with Crippen molar-refractivity contribution in [3.05, 3.63) is 66.2 Å². The Hall–Kier alpha value is -2.75. The molecule has 0 aromatic heterocycles. The standard InChI is InChI=1S/C19H19NO3/c1-3-10-20-16-9-8-15(21)12-17(16)23-18(19(20)22)11-14-6-4-13(2)5-7-14/h3-9,12,18,21H,1,10-11H2,2H3. The largest absolute Gasteiger partial charge is 0.508 e. The summed E-state index contributed by atoms with van der Waals surface area (Å²) in [5, 5.41) is 9.67. The average Bonchev–Trinajstić information content (AvgIpc) is 2.53. The van der Waals surface area contributed by atoms with Crippen molar-refractivity contribution in [2.75, 3.05) is 11.4 Å². The number of hydrogen-bond acceptors (Lipinski definition) is 3. The number of hydrogen-bond donors (Lipinski definition) is 1. The zero-order valence-corrected chi connectivity index (χ0v) is 13.0. The molecule has 0 bridgehead atoms. The molecule has 0 aliphatic carbocycles. The number of carbonyl (C=O) groups is 1. The van der Waals surface area contributed by atoms with Crippen molar-refractivity contribution in [1.82, 2.24) is 0 Å². The van der Waals surface area contributed by atoms with E-state index in [0.29, 0.717) is 24.4 Å². The summed E-state index contributed by atoms with van der Waals surface area (Å²) in [4.78, 5) is 14.4. The lowest BCUT2D eigenvalue weighted by Crippen LogP contribution is -2.47. The first kappa shape index (κ1) is 15.2. The maximum absolute atomic E-state index is 12.7. The molecule has 1 aliphatic rings. The molecule has 4 nitrogen and oxygen atoms in total. The van der Waals surface area contributed by atoms with Crippen LogP contribution in [-0.2, 0) is 11.2 Å². The van der Waals surface area contributed by atoms with Gasteiger partial charge in [0.1, 0.15) is 11.5 Å². The second-order valence-electron chi connectivity index (χ2n) is 5.69. The van der Waals surface area contributed by atoms with Crippen molar-refractivity contribution in [3.63, 3.8) is 0 Å². The van der Waals surface area contributed by atoms with Crippen LogP contribution in [0.15, 0.2) is 55.1 Å². The van der Waals surface area contributed by atoms with Crippen LogP contribution >= 0.6 is 0 Å². The number of phenols is 1. The Kier molecular flexibility index (Phi) is 4.06. The lowest BCUT2D eigenvalue weighted by molar-refractivity contribution is -0.126. The van der Waals surface area contributed by atoms with E-state index in [2.05, 4.69) is 6.58 Å². The number of phenolic OH excluding ortho intramolecular Hbond substituents is 1. The molecular formula is C19H19NO3. The number of fused-ring (bicyclic) bond motifs is 1. The molecule has 0 radical (unpaired) electrons. The van der Waals surface area contributed by atoms with E-state index in [9.17, 15) is 9.90 Å². The summed E-state index contributed by atoms with van der Waals surface area (Å²) in [5.74, 6) is 0.540. The smallest absolute Gasteiger partial charge is 0.268 e. The highest BCUT2D eigenvalue weighted by atomic mass is 16.5. The second kappa shape index (κ2) is 6.16. The molecule has 118 valence electrons. The van der Waals surface area contributed by atoms with E-state index >= 15 is 0 Å². The number of anilines is 1. The highest BCUT2D eigenvalue weighted by Crippen LogP contribution is 2.37. The molecule has 0 saturated carbocycles. The summed E-state index contributed by atoms with van der Waals surface area (Å²) >= 11 is 0. The van der Waals surface area contributed by atoms with Gasteiger partial charge in [-0.1, -0.05) is 35.9 Å². The van der Waals surface area contributed by atoms with Crippen LogP contribution in [0.4, 0.5) is 5.69 Å². The molecule has 1 amide bonds. The SMILES string of the molecule is C=CCN1C(=O)C(Cc2ccc(C)cc2)Oc2cc(O)ccc21. The highest BCUT2D eigenvalue weighted by molar-refractivity contribution is 6.00. The maximum atomic E-state index is 12.7. The predicted octanol–water partition coefficient (Wildman–Crippen LogP) is 3.22. The van der Waals surface area contributed by atoms with Crippen molar-refractivity contribution >= 4 is 11.6 Å². The van der Waals surface area contributed by atoms with Crippen molar-refractivity contribution in [2.24, 2.45) is 0 Å². The molecule has 1 atom stereocenters. The van der Waals surface area contributed by atoms with Gasteiger partial charge in [-0.2, -0.15) is 0 Å². The van der Waals surface area contributed by atoms with Gasteiger partial charge >= 0.3 is 0 Å². The van der Waals surface area contributed by atoms with Gasteiger partial charge in [0.15, 0.2) is 6.10 Å². The maximum Gasteiger partial charge on any atom is 0.268 e. The van der Waals surface area contributed by atoms with E-state index in [1.54, 1.807) is 29.2 Å². The van der Waals surface area contributed by atoms with Crippen LogP contribution in [0.5, 0.6) is 11.5 Å². The molecule has 1 aliphatic heterocycles. The lowest BCUT2D eigenvalue weighted by atomic mass is 10.0. The molecule has 1 N–H and O–H groups in total. The van der Waals surface area contributed by atoms with Crippen LogP contribution in [0.3, 0.4) is 0 Å². The third-order valence-electron chi connectivity index (χ3n) is 3.90. The first-order valence-corrected chi connectivity index (χ1v) is 7.56. The number of benzene rings is 2. The Balaban J connectivity index is 1.91. The Morgan fingerprint density at radius 3 is 2.70 bits per heavy atom. The first-order chi connectivity index (χ1) is 11.1. The van der Waals surface area contributed by atoms with Crippen molar-refractivity contribution in [1.29, 1.82) is 0 Å².